The maximum atomic E-state index is 3.74. The smallest absolute Gasteiger partial charge is 0.00725 e. The normalized spacial score (nSPS) is 24.8. The van der Waals surface area contributed by atoms with Crippen molar-refractivity contribution in [2.75, 3.05) is 6.54 Å². The number of rotatable bonds is 4. The van der Waals surface area contributed by atoms with Gasteiger partial charge in [0.1, 0.15) is 0 Å². The van der Waals surface area contributed by atoms with Crippen LogP contribution in [-0.2, 0) is 0 Å². The van der Waals surface area contributed by atoms with Gasteiger partial charge in [-0.25, -0.2) is 0 Å². The zero-order chi connectivity index (χ0) is 12.3. The Morgan fingerprint density at radius 1 is 1.29 bits per heavy atom. The van der Waals surface area contributed by atoms with Crippen LogP contribution in [0.25, 0.3) is 0 Å². The minimum atomic E-state index is 0.549. The van der Waals surface area contributed by atoms with E-state index in [9.17, 15) is 0 Å². The van der Waals surface area contributed by atoms with Crippen LogP contribution in [0.1, 0.15) is 51.5 Å². The first kappa shape index (κ1) is 12.6. The fourth-order valence-electron chi connectivity index (χ4n) is 2.85. The van der Waals surface area contributed by atoms with Gasteiger partial charge in [-0.1, -0.05) is 51.1 Å². The van der Waals surface area contributed by atoms with Gasteiger partial charge in [0.15, 0.2) is 0 Å². The van der Waals surface area contributed by atoms with Crippen molar-refractivity contribution in [2.45, 2.75) is 52.0 Å². The molecule has 2 rings (SSSR count). The molecule has 1 aliphatic rings. The average Bonchev–Trinajstić information content (AvgIpc) is 2.67. The van der Waals surface area contributed by atoms with E-state index < -0.39 is 0 Å². The average molecular weight is 231 g/mol. The Balaban J connectivity index is 1.79. The quantitative estimate of drug-likeness (QED) is 0.827. The maximum absolute atomic E-state index is 3.74. The summed E-state index contributed by atoms with van der Waals surface area (Å²) in [7, 11) is 0. The summed E-state index contributed by atoms with van der Waals surface area (Å²) >= 11 is 0. The summed E-state index contributed by atoms with van der Waals surface area (Å²) in [6.07, 6.45) is 4.04. The second-order valence-corrected chi connectivity index (χ2v) is 6.32. The largest absolute Gasteiger partial charge is 0.313 e. The van der Waals surface area contributed by atoms with Gasteiger partial charge in [-0.2, -0.15) is 0 Å². The Hall–Kier alpha value is -0.820. The predicted octanol–water partition coefficient (Wildman–Crippen LogP) is 3.96. The van der Waals surface area contributed by atoms with Crippen LogP contribution >= 0.6 is 0 Å². The first-order valence-corrected chi connectivity index (χ1v) is 6.85. The molecule has 0 bridgehead atoms. The summed E-state index contributed by atoms with van der Waals surface area (Å²) in [6, 6.07) is 11.5. The lowest BCUT2D eigenvalue weighted by Crippen LogP contribution is -2.30. The molecule has 2 unspecified atom stereocenters. The van der Waals surface area contributed by atoms with Gasteiger partial charge < -0.3 is 5.32 Å². The molecule has 0 aliphatic heterocycles. The van der Waals surface area contributed by atoms with E-state index in [2.05, 4.69) is 56.4 Å². The summed E-state index contributed by atoms with van der Waals surface area (Å²) < 4.78 is 0. The van der Waals surface area contributed by atoms with Gasteiger partial charge in [0.25, 0.3) is 0 Å². The summed E-state index contributed by atoms with van der Waals surface area (Å²) in [5.74, 6) is 0.611. The topological polar surface area (TPSA) is 12.0 Å². The molecule has 1 saturated carbocycles. The lowest BCUT2D eigenvalue weighted by atomic mass is 9.92. The molecule has 0 amide bonds. The second kappa shape index (κ2) is 5.22. The van der Waals surface area contributed by atoms with Crippen LogP contribution in [0.2, 0.25) is 0 Å². The Labute approximate surface area is 106 Å². The molecule has 1 fully saturated rings. The molecule has 1 aliphatic carbocycles. The van der Waals surface area contributed by atoms with Crippen molar-refractivity contribution < 1.29 is 0 Å². The van der Waals surface area contributed by atoms with E-state index in [0.717, 1.165) is 12.6 Å². The summed E-state index contributed by atoms with van der Waals surface area (Å²) in [5.41, 5.74) is 1.99. The molecule has 0 heterocycles. The van der Waals surface area contributed by atoms with Crippen molar-refractivity contribution >= 4 is 0 Å². The lowest BCUT2D eigenvalue weighted by Gasteiger charge is -2.20. The lowest BCUT2D eigenvalue weighted by molar-refractivity contribution is 0.363. The molecule has 1 aromatic rings. The highest BCUT2D eigenvalue weighted by molar-refractivity contribution is 5.19. The standard InChI is InChI=1S/C16H25N/c1-13(14-7-5-4-6-8-14)12-17-15-9-10-16(2,3)11-15/h4-8,13,15,17H,9-12H2,1-3H3. The van der Waals surface area contributed by atoms with Crippen molar-refractivity contribution in [3.63, 3.8) is 0 Å². The van der Waals surface area contributed by atoms with Crippen LogP contribution in [0.4, 0.5) is 0 Å². The van der Waals surface area contributed by atoms with E-state index >= 15 is 0 Å². The van der Waals surface area contributed by atoms with Crippen LogP contribution in [-0.4, -0.2) is 12.6 Å². The SMILES string of the molecule is CC(CNC1CCC(C)(C)C1)c1ccccc1. The van der Waals surface area contributed by atoms with Crippen LogP contribution < -0.4 is 5.32 Å². The van der Waals surface area contributed by atoms with Crippen molar-refractivity contribution in [3.05, 3.63) is 35.9 Å². The van der Waals surface area contributed by atoms with E-state index in [0.29, 0.717) is 11.3 Å². The molecular formula is C16H25N. The third-order valence-corrected chi connectivity index (χ3v) is 4.05. The molecule has 1 heteroatoms. The summed E-state index contributed by atoms with van der Waals surface area (Å²) in [6.45, 7) is 8.18. The van der Waals surface area contributed by atoms with Gasteiger partial charge in [-0.05, 0) is 36.2 Å². The van der Waals surface area contributed by atoms with Crippen molar-refractivity contribution in [3.8, 4) is 0 Å². The Kier molecular flexibility index (Phi) is 3.88. The monoisotopic (exact) mass is 231 g/mol. The minimum Gasteiger partial charge on any atom is -0.313 e. The zero-order valence-corrected chi connectivity index (χ0v) is 11.4. The van der Waals surface area contributed by atoms with Crippen LogP contribution in [0.3, 0.4) is 0 Å². The van der Waals surface area contributed by atoms with Gasteiger partial charge in [0.05, 0.1) is 0 Å². The highest BCUT2D eigenvalue weighted by Gasteiger charge is 2.30. The molecule has 1 N–H and O–H groups in total. The summed E-state index contributed by atoms with van der Waals surface area (Å²) in [4.78, 5) is 0. The number of hydrogen-bond donors (Lipinski definition) is 1. The molecule has 0 aromatic heterocycles. The molecule has 1 aromatic carbocycles. The predicted molar refractivity (Wildman–Crippen MR) is 74.3 cm³/mol. The molecular weight excluding hydrogens is 206 g/mol. The van der Waals surface area contributed by atoms with Gasteiger partial charge in [0.2, 0.25) is 0 Å². The Morgan fingerprint density at radius 3 is 2.59 bits per heavy atom. The van der Waals surface area contributed by atoms with Gasteiger partial charge in [-0.15, -0.1) is 0 Å². The van der Waals surface area contributed by atoms with Crippen molar-refractivity contribution in [1.29, 1.82) is 0 Å². The van der Waals surface area contributed by atoms with E-state index in [1.807, 2.05) is 0 Å². The molecule has 1 nitrogen and oxygen atoms in total. The van der Waals surface area contributed by atoms with Gasteiger partial charge in [-0.3, -0.25) is 0 Å². The second-order valence-electron chi connectivity index (χ2n) is 6.32. The van der Waals surface area contributed by atoms with Crippen LogP contribution in [0.15, 0.2) is 30.3 Å². The van der Waals surface area contributed by atoms with E-state index in [1.165, 1.54) is 24.8 Å². The Bertz CT molecular complexity index is 342. The third kappa shape index (κ3) is 3.57. The van der Waals surface area contributed by atoms with E-state index in [1.54, 1.807) is 0 Å². The maximum Gasteiger partial charge on any atom is 0.00725 e. The Morgan fingerprint density at radius 2 is 2.00 bits per heavy atom. The molecule has 17 heavy (non-hydrogen) atoms. The molecule has 0 radical (unpaired) electrons. The number of benzene rings is 1. The fraction of sp³-hybridized carbons (Fsp3) is 0.625. The highest BCUT2D eigenvalue weighted by atomic mass is 14.9. The molecule has 94 valence electrons. The van der Waals surface area contributed by atoms with Gasteiger partial charge >= 0.3 is 0 Å². The first-order valence-electron chi connectivity index (χ1n) is 6.85. The summed E-state index contributed by atoms with van der Waals surface area (Å²) in [5, 5.41) is 3.74. The van der Waals surface area contributed by atoms with Crippen LogP contribution in [0.5, 0.6) is 0 Å². The zero-order valence-electron chi connectivity index (χ0n) is 11.4. The van der Waals surface area contributed by atoms with Gasteiger partial charge in [0, 0.05) is 12.6 Å². The minimum absolute atomic E-state index is 0.549. The van der Waals surface area contributed by atoms with E-state index in [-0.39, 0.29) is 0 Å². The number of nitrogens with one attached hydrogen (secondary N) is 1. The molecule has 0 spiro atoms. The third-order valence-electron chi connectivity index (χ3n) is 4.05. The fourth-order valence-corrected chi connectivity index (χ4v) is 2.85. The van der Waals surface area contributed by atoms with Crippen LogP contribution in [0, 0.1) is 5.41 Å². The first-order chi connectivity index (χ1) is 8.07. The molecule has 2 atom stereocenters. The molecule has 0 saturated heterocycles. The number of hydrogen-bond acceptors (Lipinski definition) is 1. The highest BCUT2D eigenvalue weighted by Crippen LogP contribution is 2.37. The van der Waals surface area contributed by atoms with E-state index in [4.69, 9.17) is 0 Å². The van der Waals surface area contributed by atoms with Crippen molar-refractivity contribution in [1.82, 2.24) is 5.32 Å². The van der Waals surface area contributed by atoms with Crippen molar-refractivity contribution in [2.24, 2.45) is 5.41 Å².